The minimum atomic E-state index is -0.347. The number of allylic oxidation sites excluding steroid dienone is 3. The summed E-state index contributed by atoms with van der Waals surface area (Å²) >= 11 is 0. The van der Waals surface area contributed by atoms with Gasteiger partial charge in [0.25, 0.3) is 5.91 Å². The van der Waals surface area contributed by atoms with Gasteiger partial charge in [-0.05, 0) is 30.6 Å². The van der Waals surface area contributed by atoms with Crippen molar-refractivity contribution in [1.29, 1.82) is 0 Å². The molecule has 0 radical (unpaired) electrons. The quantitative estimate of drug-likeness (QED) is 0.512. The van der Waals surface area contributed by atoms with Crippen LogP contribution in [0.4, 0.5) is 0 Å². The average molecular weight is 295 g/mol. The van der Waals surface area contributed by atoms with Crippen molar-refractivity contribution in [2.45, 2.75) is 26.7 Å². The van der Waals surface area contributed by atoms with Crippen molar-refractivity contribution in [3.63, 3.8) is 0 Å². The zero-order valence-corrected chi connectivity index (χ0v) is 13.0. The Morgan fingerprint density at radius 2 is 1.86 bits per heavy atom. The highest BCUT2D eigenvalue weighted by Crippen LogP contribution is 2.14. The van der Waals surface area contributed by atoms with Crippen molar-refractivity contribution in [3.05, 3.63) is 65.4 Å². The van der Waals surface area contributed by atoms with Crippen LogP contribution in [0.5, 0.6) is 0 Å². The van der Waals surface area contributed by atoms with Crippen LogP contribution in [-0.4, -0.2) is 11.7 Å². The summed E-state index contributed by atoms with van der Waals surface area (Å²) in [6.45, 7) is 3.60. The average Bonchev–Trinajstić information content (AvgIpc) is 2.53. The van der Waals surface area contributed by atoms with Crippen molar-refractivity contribution < 1.29 is 9.59 Å². The van der Waals surface area contributed by atoms with Crippen molar-refractivity contribution in [2.24, 2.45) is 5.92 Å². The zero-order chi connectivity index (χ0) is 15.9. The number of ketones is 1. The van der Waals surface area contributed by atoms with Gasteiger partial charge >= 0.3 is 0 Å². The monoisotopic (exact) mass is 295 g/mol. The second-order valence-electron chi connectivity index (χ2n) is 5.58. The fourth-order valence-electron chi connectivity index (χ4n) is 2.18. The van der Waals surface area contributed by atoms with E-state index in [1.165, 1.54) is 0 Å². The molecule has 0 unspecified atom stereocenters. The lowest BCUT2D eigenvalue weighted by molar-refractivity contribution is -0.123. The number of hydrogen-bond donors (Lipinski definition) is 1. The molecule has 0 bridgehead atoms. The first-order valence-corrected chi connectivity index (χ1v) is 7.57. The van der Waals surface area contributed by atoms with E-state index in [0.717, 1.165) is 24.1 Å². The SMILES string of the molecule is CC(C)C(=O)/C(=C/c1ccccc1)C(=O)NC1=CCCC=C1. The third-order valence-corrected chi connectivity index (χ3v) is 3.40. The summed E-state index contributed by atoms with van der Waals surface area (Å²) in [4.78, 5) is 24.9. The molecule has 0 saturated heterocycles. The van der Waals surface area contributed by atoms with Gasteiger partial charge in [-0.25, -0.2) is 0 Å². The van der Waals surface area contributed by atoms with Gasteiger partial charge in [0, 0.05) is 11.6 Å². The summed E-state index contributed by atoms with van der Waals surface area (Å²) in [6, 6.07) is 9.42. The van der Waals surface area contributed by atoms with E-state index in [-0.39, 0.29) is 23.2 Å². The summed E-state index contributed by atoms with van der Waals surface area (Å²) in [6.07, 6.45) is 9.41. The Morgan fingerprint density at radius 3 is 2.45 bits per heavy atom. The Labute approximate surface area is 131 Å². The van der Waals surface area contributed by atoms with Crippen molar-refractivity contribution in [3.8, 4) is 0 Å². The fraction of sp³-hybridized carbons (Fsp3) is 0.263. The maximum atomic E-state index is 12.5. The molecule has 1 aliphatic rings. The molecule has 2 rings (SSSR count). The van der Waals surface area contributed by atoms with Crippen LogP contribution in [0.15, 0.2) is 59.8 Å². The van der Waals surface area contributed by atoms with Crippen molar-refractivity contribution in [2.75, 3.05) is 0 Å². The predicted molar refractivity (Wildman–Crippen MR) is 88.9 cm³/mol. The van der Waals surface area contributed by atoms with Crippen LogP contribution in [0.1, 0.15) is 32.3 Å². The molecular formula is C19H21NO2. The summed E-state index contributed by atoms with van der Waals surface area (Å²) in [5.41, 5.74) is 1.79. The molecule has 1 aromatic rings. The Hall–Kier alpha value is -2.42. The summed E-state index contributed by atoms with van der Waals surface area (Å²) < 4.78 is 0. The molecule has 1 amide bonds. The fourth-order valence-corrected chi connectivity index (χ4v) is 2.18. The first-order chi connectivity index (χ1) is 10.6. The maximum absolute atomic E-state index is 12.5. The molecule has 0 aliphatic heterocycles. The number of benzene rings is 1. The molecule has 0 heterocycles. The number of Topliss-reactive ketones (excluding diaryl/α,β-unsaturated/α-hetero) is 1. The minimum Gasteiger partial charge on any atom is -0.322 e. The van der Waals surface area contributed by atoms with Gasteiger partial charge in [-0.15, -0.1) is 0 Å². The van der Waals surface area contributed by atoms with Crippen LogP contribution in [-0.2, 0) is 9.59 Å². The molecule has 0 spiro atoms. The topological polar surface area (TPSA) is 46.2 Å². The molecule has 3 nitrogen and oxygen atoms in total. The molecule has 0 saturated carbocycles. The number of nitrogens with one attached hydrogen (secondary N) is 1. The maximum Gasteiger partial charge on any atom is 0.259 e. The lowest BCUT2D eigenvalue weighted by Gasteiger charge is -2.12. The first kappa shape index (κ1) is 16.0. The molecule has 114 valence electrons. The Bertz CT molecular complexity index is 637. The largest absolute Gasteiger partial charge is 0.322 e. The van der Waals surface area contributed by atoms with Gasteiger partial charge < -0.3 is 5.32 Å². The summed E-state index contributed by atoms with van der Waals surface area (Å²) in [5, 5.41) is 2.82. The van der Waals surface area contributed by atoms with Gasteiger partial charge in [0.05, 0.1) is 5.57 Å². The van der Waals surface area contributed by atoms with Gasteiger partial charge in [0.15, 0.2) is 5.78 Å². The Balaban J connectivity index is 2.26. The van der Waals surface area contributed by atoms with Crippen molar-refractivity contribution in [1.82, 2.24) is 5.32 Å². The third-order valence-electron chi connectivity index (χ3n) is 3.40. The van der Waals surface area contributed by atoms with Crippen LogP contribution >= 0.6 is 0 Å². The number of rotatable bonds is 5. The van der Waals surface area contributed by atoms with E-state index >= 15 is 0 Å². The molecule has 0 fully saturated rings. The van der Waals surface area contributed by atoms with E-state index in [9.17, 15) is 9.59 Å². The molecule has 1 aromatic carbocycles. The van der Waals surface area contributed by atoms with Gasteiger partial charge in [-0.2, -0.15) is 0 Å². The van der Waals surface area contributed by atoms with E-state index in [1.54, 1.807) is 19.9 Å². The standard InChI is InChI=1S/C19H21NO2/c1-14(2)18(21)17(13-15-9-5-3-6-10-15)19(22)20-16-11-7-4-8-12-16/h3,5-7,9-14H,4,8H2,1-2H3,(H,20,22)/b17-13-. The highest BCUT2D eigenvalue weighted by atomic mass is 16.2. The lowest BCUT2D eigenvalue weighted by atomic mass is 9.98. The molecule has 1 aliphatic carbocycles. The number of amides is 1. The summed E-state index contributed by atoms with van der Waals surface area (Å²) in [7, 11) is 0. The van der Waals surface area contributed by atoms with Crippen molar-refractivity contribution >= 4 is 17.8 Å². The summed E-state index contributed by atoms with van der Waals surface area (Å²) in [5.74, 6) is -0.723. The number of carbonyl (C=O) groups is 2. The van der Waals surface area contributed by atoms with Gasteiger partial charge in [0.2, 0.25) is 0 Å². The molecule has 22 heavy (non-hydrogen) atoms. The van der Waals surface area contributed by atoms with E-state index in [4.69, 9.17) is 0 Å². The zero-order valence-electron chi connectivity index (χ0n) is 13.0. The van der Waals surface area contributed by atoms with Gasteiger partial charge in [-0.3, -0.25) is 9.59 Å². The lowest BCUT2D eigenvalue weighted by Crippen LogP contribution is -2.29. The smallest absolute Gasteiger partial charge is 0.259 e. The second-order valence-corrected chi connectivity index (χ2v) is 5.58. The molecule has 3 heteroatoms. The highest BCUT2D eigenvalue weighted by molar-refractivity contribution is 6.23. The molecular weight excluding hydrogens is 274 g/mol. The normalized spacial score (nSPS) is 14.7. The molecule has 1 N–H and O–H groups in total. The van der Waals surface area contributed by atoms with E-state index < -0.39 is 0 Å². The predicted octanol–water partition coefficient (Wildman–Crippen LogP) is 3.65. The molecule has 0 aromatic heterocycles. The Morgan fingerprint density at radius 1 is 1.14 bits per heavy atom. The van der Waals surface area contributed by atoms with E-state index in [2.05, 4.69) is 5.32 Å². The highest BCUT2D eigenvalue weighted by Gasteiger charge is 2.21. The van der Waals surface area contributed by atoms with Crippen LogP contribution in [0.2, 0.25) is 0 Å². The molecule has 0 atom stereocenters. The minimum absolute atomic E-state index is 0.151. The number of carbonyl (C=O) groups excluding carboxylic acids is 2. The van der Waals surface area contributed by atoms with Gasteiger partial charge in [0.1, 0.15) is 0 Å². The first-order valence-electron chi connectivity index (χ1n) is 7.57. The van der Waals surface area contributed by atoms with E-state index in [1.807, 2.05) is 48.6 Å². The number of hydrogen-bond acceptors (Lipinski definition) is 2. The van der Waals surface area contributed by atoms with Crippen LogP contribution in [0, 0.1) is 5.92 Å². The Kier molecular flexibility index (Phi) is 5.48. The van der Waals surface area contributed by atoms with E-state index in [0.29, 0.717) is 0 Å². The van der Waals surface area contributed by atoms with Crippen LogP contribution in [0.25, 0.3) is 6.08 Å². The second kappa shape index (κ2) is 7.55. The third kappa shape index (κ3) is 4.29. The van der Waals surface area contributed by atoms with Crippen LogP contribution in [0.3, 0.4) is 0 Å². The van der Waals surface area contributed by atoms with Crippen LogP contribution < -0.4 is 5.32 Å². The van der Waals surface area contributed by atoms with Gasteiger partial charge in [-0.1, -0.05) is 56.3 Å².